The zero-order valence-corrected chi connectivity index (χ0v) is 17.3. The van der Waals surface area contributed by atoms with E-state index in [1.165, 1.54) is 6.08 Å². The van der Waals surface area contributed by atoms with Crippen LogP contribution in [-0.4, -0.2) is 35.5 Å². The van der Waals surface area contributed by atoms with E-state index in [4.69, 9.17) is 19.7 Å². The number of rotatable bonds is 9. The maximum atomic E-state index is 12.6. The molecule has 0 aliphatic heterocycles. The maximum Gasteiger partial charge on any atom is 0.412 e. The third kappa shape index (κ3) is 6.93. The summed E-state index contributed by atoms with van der Waals surface area (Å²) in [6.45, 7) is 5.50. The maximum absolute atomic E-state index is 12.6. The van der Waals surface area contributed by atoms with E-state index in [1.54, 1.807) is 50.2 Å². The van der Waals surface area contributed by atoms with Crippen molar-refractivity contribution in [2.24, 2.45) is 5.41 Å². The number of amides is 1. The summed E-state index contributed by atoms with van der Waals surface area (Å²) >= 11 is 0. The minimum Gasteiger partial charge on any atom is -0.491 e. The standard InChI is InChI=1S/C23H27NO6/c1-16-7-9-18(10-8-16)24-22(28)30-21(23(2,3)12-11-20(26)27)17-5-4-6-19(15-17)29-14-13-25/h4-12,15,21,25H,13-14H2,1-3H3,(H,24,28)(H,26,27)/b12-11+/t21-/m1/s1. The summed E-state index contributed by atoms with van der Waals surface area (Å²) in [7, 11) is 0. The first kappa shape index (κ1) is 23.0. The van der Waals surface area contributed by atoms with Crippen LogP contribution in [0.3, 0.4) is 0 Å². The van der Waals surface area contributed by atoms with Crippen LogP contribution in [0.5, 0.6) is 5.75 Å². The van der Waals surface area contributed by atoms with Gasteiger partial charge in [0.1, 0.15) is 18.5 Å². The summed E-state index contributed by atoms with van der Waals surface area (Å²) in [6, 6.07) is 14.2. The van der Waals surface area contributed by atoms with Gasteiger partial charge in [0.2, 0.25) is 0 Å². The quantitative estimate of drug-likeness (QED) is 0.529. The number of ether oxygens (including phenoxy) is 2. The molecule has 160 valence electrons. The molecule has 7 heteroatoms. The molecule has 0 aliphatic carbocycles. The monoisotopic (exact) mass is 413 g/mol. The number of carbonyl (C=O) groups excluding carboxylic acids is 1. The van der Waals surface area contributed by atoms with Gasteiger partial charge in [0.05, 0.1) is 6.61 Å². The van der Waals surface area contributed by atoms with Crippen LogP contribution in [0, 0.1) is 12.3 Å². The number of hydrogen-bond donors (Lipinski definition) is 3. The van der Waals surface area contributed by atoms with Crippen molar-refractivity contribution in [2.45, 2.75) is 26.9 Å². The average molecular weight is 413 g/mol. The van der Waals surface area contributed by atoms with Crippen LogP contribution in [0.4, 0.5) is 10.5 Å². The van der Waals surface area contributed by atoms with Crippen molar-refractivity contribution >= 4 is 17.7 Å². The Kier molecular flexibility index (Phi) is 8.00. The second kappa shape index (κ2) is 10.5. The zero-order chi connectivity index (χ0) is 22.1. The first-order chi connectivity index (χ1) is 14.2. The number of aryl methyl sites for hydroxylation is 1. The second-order valence-corrected chi connectivity index (χ2v) is 7.41. The van der Waals surface area contributed by atoms with E-state index >= 15 is 0 Å². The Morgan fingerprint density at radius 1 is 1.17 bits per heavy atom. The first-order valence-corrected chi connectivity index (χ1v) is 9.51. The molecule has 0 radical (unpaired) electrons. The highest BCUT2D eigenvalue weighted by Gasteiger charge is 2.33. The summed E-state index contributed by atoms with van der Waals surface area (Å²) in [4.78, 5) is 23.6. The van der Waals surface area contributed by atoms with Crippen LogP contribution < -0.4 is 10.1 Å². The minimum atomic E-state index is -1.09. The van der Waals surface area contributed by atoms with Gasteiger partial charge in [-0.2, -0.15) is 0 Å². The molecule has 7 nitrogen and oxygen atoms in total. The molecule has 2 aromatic rings. The summed E-state index contributed by atoms with van der Waals surface area (Å²) in [6.07, 6.45) is 1.05. The number of nitrogens with one attached hydrogen (secondary N) is 1. The highest BCUT2D eigenvalue weighted by atomic mass is 16.6. The smallest absolute Gasteiger partial charge is 0.412 e. The van der Waals surface area contributed by atoms with Gasteiger partial charge in [0, 0.05) is 17.2 Å². The molecule has 2 aromatic carbocycles. The fourth-order valence-electron chi connectivity index (χ4n) is 2.85. The largest absolute Gasteiger partial charge is 0.491 e. The number of benzene rings is 2. The van der Waals surface area contributed by atoms with Gasteiger partial charge in [-0.1, -0.05) is 49.8 Å². The molecular weight excluding hydrogens is 386 g/mol. The Balaban J connectivity index is 2.30. The Labute approximate surface area is 176 Å². The Morgan fingerprint density at radius 3 is 2.50 bits per heavy atom. The summed E-state index contributed by atoms with van der Waals surface area (Å²) in [5, 5.41) is 20.7. The molecule has 0 heterocycles. The zero-order valence-electron chi connectivity index (χ0n) is 17.3. The van der Waals surface area contributed by atoms with E-state index in [0.29, 0.717) is 17.0 Å². The van der Waals surface area contributed by atoms with Crippen molar-refractivity contribution in [3.63, 3.8) is 0 Å². The minimum absolute atomic E-state index is 0.129. The Bertz CT molecular complexity index is 889. The van der Waals surface area contributed by atoms with E-state index < -0.39 is 23.6 Å². The first-order valence-electron chi connectivity index (χ1n) is 9.51. The molecule has 1 amide bonds. The second-order valence-electron chi connectivity index (χ2n) is 7.41. The van der Waals surface area contributed by atoms with Crippen LogP contribution in [0.25, 0.3) is 0 Å². The lowest BCUT2D eigenvalue weighted by Crippen LogP contribution is -2.28. The number of carboxylic acid groups (broad SMARTS) is 1. The lowest BCUT2D eigenvalue weighted by Gasteiger charge is -2.31. The van der Waals surface area contributed by atoms with Gasteiger partial charge < -0.3 is 19.7 Å². The van der Waals surface area contributed by atoms with Gasteiger partial charge in [-0.15, -0.1) is 0 Å². The van der Waals surface area contributed by atoms with Crippen LogP contribution in [0.1, 0.15) is 31.1 Å². The molecule has 0 aliphatic rings. The summed E-state index contributed by atoms with van der Waals surface area (Å²) < 4.78 is 11.2. The van der Waals surface area contributed by atoms with Gasteiger partial charge in [0.25, 0.3) is 0 Å². The van der Waals surface area contributed by atoms with Gasteiger partial charge in [-0.05, 0) is 36.8 Å². The highest BCUT2D eigenvalue weighted by molar-refractivity contribution is 5.85. The number of aliphatic hydroxyl groups excluding tert-OH is 1. The van der Waals surface area contributed by atoms with Crippen LogP contribution in [-0.2, 0) is 9.53 Å². The van der Waals surface area contributed by atoms with Crippen molar-refractivity contribution in [2.75, 3.05) is 18.5 Å². The van der Waals surface area contributed by atoms with Gasteiger partial charge in [-0.3, -0.25) is 5.32 Å². The third-order valence-electron chi connectivity index (χ3n) is 4.37. The van der Waals surface area contributed by atoms with E-state index in [0.717, 1.165) is 11.6 Å². The lowest BCUT2D eigenvalue weighted by molar-refractivity contribution is -0.131. The van der Waals surface area contributed by atoms with Crippen LogP contribution in [0.2, 0.25) is 0 Å². The van der Waals surface area contributed by atoms with Crippen molar-refractivity contribution in [3.05, 3.63) is 71.8 Å². The predicted molar refractivity (Wildman–Crippen MR) is 114 cm³/mol. The molecule has 0 fully saturated rings. The molecule has 0 bridgehead atoms. The predicted octanol–water partition coefficient (Wildman–Crippen LogP) is 4.32. The van der Waals surface area contributed by atoms with Gasteiger partial charge in [0.15, 0.2) is 0 Å². The van der Waals surface area contributed by atoms with Crippen LogP contribution >= 0.6 is 0 Å². The topological polar surface area (TPSA) is 105 Å². The number of hydrogen-bond acceptors (Lipinski definition) is 5. The molecule has 1 atom stereocenters. The lowest BCUT2D eigenvalue weighted by atomic mass is 9.82. The van der Waals surface area contributed by atoms with Crippen molar-refractivity contribution in [1.29, 1.82) is 0 Å². The van der Waals surface area contributed by atoms with E-state index in [-0.39, 0.29) is 13.2 Å². The molecule has 0 aromatic heterocycles. The van der Waals surface area contributed by atoms with Crippen molar-refractivity contribution < 1.29 is 29.3 Å². The molecule has 30 heavy (non-hydrogen) atoms. The fraction of sp³-hybridized carbons (Fsp3) is 0.304. The summed E-state index contributed by atoms with van der Waals surface area (Å²) in [5.41, 5.74) is 1.44. The fourth-order valence-corrected chi connectivity index (χ4v) is 2.85. The number of carbonyl (C=O) groups is 2. The molecule has 2 rings (SSSR count). The Morgan fingerprint density at radius 2 is 1.87 bits per heavy atom. The van der Waals surface area contributed by atoms with Gasteiger partial charge >= 0.3 is 12.1 Å². The number of aliphatic hydroxyl groups is 1. The molecule has 3 N–H and O–H groups in total. The average Bonchev–Trinajstić information content (AvgIpc) is 2.71. The number of aliphatic carboxylic acids is 1. The normalized spacial score (nSPS) is 12.4. The van der Waals surface area contributed by atoms with E-state index in [9.17, 15) is 9.59 Å². The van der Waals surface area contributed by atoms with Crippen molar-refractivity contribution in [3.8, 4) is 5.75 Å². The molecule has 0 saturated carbocycles. The van der Waals surface area contributed by atoms with Gasteiger partial charge in [-0.25, -0.2) is 9.59 Å². The SMILES string of the molecule is Cc1ccc(NC(=O)O[C@H](c2cccc(OCCO)c2)C(C)(C)/C=C/C(=O)O)cc1. The Hall–Kier alpha value is -3.32. The molecule has 0 spiro atoms. The van der Waals surface area contributed by atoms with E-state index in [1.807, 2.05) is 19.1 Å². The third-order valence-corrected chi connectivity index (χ3v) is 4.37. The number of anilines is 1. The van der Waals surface area contributed by atoms with E-state index in [2.05, 4.69) is 5.32 Å². The molecular formula is C23H27NO6. The summed E-state index contributed by atoms with van der Waals surface area (Å²) in [5.74, 6) is -0.585. The molecule has 0 unspecified atom stereocenters. The highest BCUT2D eigenvalue weighted by Crippen LogP contribution is 2.39. The van der Waals surface area contributed by atoms with Crippen LogP contribution in [0.15, 0.2) is 60.7 Å². The van der Waals surface area contributed by atoms with Crippen molar-refractivity contribution in [1.82, 2.24) is 0 Å². The number of carboxylic acids is 1. The molecule has 0 saturated heterocycles.